The monoisotopic (exact) mass is 273 g/mol. The zero-order chi connectivity index (χ0) is 14.8. The van der Waals surface area contributed by atoms with Crippen LogP contribution in [0.25, 0.3) is 10.9 Å². The molecule has 0 atom stereocenters. The maximum Gasteiger partial charge on any atom is 0.260 e. The van der Waals surface area contributed by atoms with Gasteiger partial charge in [0.1, 0.15) is 0 Å². The van der Waals surface area contributed by atoms with E-state index >= 15 is 0 Å². The number of nitrogens with zero attached hydrogens (tertiary/aromatic N) is 1. The van der Waals surface area contributed by atoms with E-state index in [-0.39, 0.29) is 11.9 Å². The van der Waals surface area contributed by atoms with Gasteiger partial charge in [-0.05, 0) is 19.9 Å². The molecule has 0 unspecified atom stereocenters. The molecule has 6 heteroatoms. The average molecular weight is 273 g/mol. The molecule has 20 heavy (non-hydrogen) atoms. The predicted octanol–water partition coefficient (Wildman–Crippen LogP) is 0.950. The Balaban J connectivity index is 2.12. The quantitative estimate of drug-likeness (QED) is 0.493. The molecule has 0 bridgehead atoms. The van der Waals surface area contributed by atoms with Crippen molar-refractivity contribution in [3.63, 3.8) is 0 Å². The van der Waals surface area contributed by atoms with Crippen LogP contribution in [0.1, 0.15) is 24.2 Å². The first-order valence-corrected chi connectivity index (χ1v) is 6.33. The lowest BCUT2D eigenvalue weighted by Crippen LogP contribution is -2.40. The highest BCUT2D eigenvalue weighted by atomic mass is 16.1. The van der Waals surface area contributed by atoms with E-state index < -0.39 is 5.54 Å². The molecule has 1 heterocycles. The van der Waals surface area contributed by atoms with Gasteiger partial charge < -0.3 is 16.5 Å². The van der Waals surface area contributed by atoms with Gasteiger partial charge in [-0.15, -0.1) is 0 Å². The van der Waals surface area contributed by atoms with Gasteiger partial charge in [0.25, 0.3) is 5.91 Å². The number of nitrogens with two attached hydrogens (primary N) is 2. The molecule has 0 aliphatic carbocycles. The van der Waals surface area contributed by atoms with Gasteiger partial charge in [0.2, 0.25) is 0 Å². The highest BCUT2D eigenvalue weighted by molar-refractivity contribution is 6.12. The highest BCUT2D eigenvalue weighted by Crippen LogP contribution is 2.17. The Hall–Kier alpha value is -2.34. The summed E-state index contributed by atoms with van der Waals surface area (Å²) in [5, 5.41) is 3.40. The number of benzene rings is 1. The molecule has 6 nitrogen and oxygen atoms in total. The summed E-state index contributed by atoms with van der Waals surface area (Å²) in [5.74, 6) is -0.225. The Morgan fingerprint density at radius 1 is 1.40 bits per heavy atom. The van der Waals surface area contributed by atoms with Crippen LogP contribution in [0.3, 0.4) is 0 Å². The first-order chi connectivity index (χ1) is 9.37. The minimum atomic E-state index is -0.462. The van der Waals surface area contributed by atoms with E-state index in [9.17, 15) is 4.79 Å². The fourth-order valence-corrected chi connectivity index (χ4v) is 1.77. The average Bonchev–Trinajstić information content (AvgIpc) is 2.79. The van der Waals surface area contributed by atoms with Crippen molar-refractivity contribution < 1.29 is 4.79 Å². The van der Waals surface area contributed by atoms with Crippen molar-refractivity contribution in [3.8, 4) is 0 Å². The fraction of sp³-hybridized carbons (Fsp3) is 0.286. The number of nitrogens with one attached hydrogen (secondary N) is 2. The second kappa shape index (κ2) is 5.34. The second-order valence-electron chi connectivity index (χ2n) is 5.39. The molecular formula is C14H19N5O. The lowest BCUT2D eigenvalue weighted by molar-refractivity contribution is 0.0978. The number of fused-ring (bicyclic) bond motifs is 1. The van der Waals surface area contributed by atoms with Crippen LogP contribution < -0.4 is 16.8 Å². The first kappa shape index (κ1) is 14.1. The van der Waals surface area contributed by atoms with E-state index in [1.54, 1.807) is 6.20 Å². The zero-order valence-electron chi connectivity index (χ0n) is 11.6. The Morgan fingerprint density at radius 3 is 2.80 bits per heavy atom. The number of aromatic amines is 1. The molecule has 1 amide bonds. The summed E-state index contributed by atoms with van der Waals surface area (Å²) in [6, 6.07) is 7.55. The third kappa shape index (κ3) is 3.36. The van der Waals surface area contributed by atoms with E-state index in [0.29, 0.717) is 12.1 Å². The molecule has 0 spiro atoms. The molecule has 0 saturated heterocycles. The Bertz CT molecular complexity index is 651. The summed E-state index contributed by atoms with van der Waals surface area (Å²) in [5.41, 5.74) is 12.5. The Labute approximate surface area is 117 Å². The van der Waals surface area contributed by atoms with Crippen molar-refractivity contribution in [2.75, 3.05) is 6.54 Å². The minimum absolute atomic E-state index is 0.0683. The number of H-pyrrole nitrogens is 1. The lowest BCUT2D eigenvalue weighted by atomic mass is 10.1. The molecule has 2 aromatic rings. The van der Waals surface area contributed by atoms with Gasteiger partial charge in [-0.25, -0.2) is 0 Å². The van der Waals surface area contributed by atoms with Crippen molar-refractivity contribution in [3.05, 3.63) is 36.0 Å². The maximum absolute atomic E-state index is 12.1. The Morgan fingerprint density at radius 2 is 2.10 bits per heavy atom. The molecule has 0 radical (unpaired) electrons. The van der Waals surface area contributed by atoms with E-state index in [4.69, 9.17) is 11.5 Å². The molecule has 1 aromatic carbocycles. The van der Waals surface area contributed by atoms with Crippen LogP contribution >= 0.6 is 0 Å². The van der Waals surface area contributed by atoms with Crippen LogP contribution in [0.2, 0.25) is 0 Å². The molecule has 1 aromatic heterocycles. The van der Waals surface area contributed by atoms with Crippen LogP contribution in [0, 0.1) is 0 Å². The summed E-state index contributed by atoms with van der Waals surface area (Å²) in [4.78, 5) is 19.2. The molecule has 2 rings (SSSR count). The number of guanidine groups is 1. The number of aromatic nitrogens is 1. The Kier molecular flexibility index (Phi) is 3.76. The van der Waals surface area contributed by atoms with Crippen molar-refractivity contribution in [2.45, 2.75) is 19.4 Å². The van der Waals surface area contributed by atoms with Gasteiger partial charge in [-0.1, -0.05) is 18.2 Å². The SMILES string of the molecule is CC(C)(N)CN=C(N)NC(=O)c1c[nH]c2ccccc12. The van der Waals surface area contributed by atoms with Crippen molar-refractivity contribution in [1.82, 2.24) is 10.3 Å². The normalized spacial score (nSPS) is 12.7. The summed E-state index contributed by atoms with van der Waals surface area (Å²) < 4.78 is 0. The predicted molar refractivity (Wildman–Crippen MR) is 80.5 cm³/mol. The number of hydrogen-bond donors (Lipinski definition) is 4. The highest BCUT2D eigenvalue weighted by Gasteiger charge is 2.13. The van der Waals surface area contributed by atoms with E-state index in [1.165, 1.54) is 0 Å². The largest absolute Gasteiger partial charge is 0.370 e. The van der Waals surface area contributed by atoms with Crippen LogP contribution in [0.4, 0.5) is 0 Å². The third-order valence-corrected chi connectivity index (χ3v) is 2.73. The number of para-hydroxylation sites is 1. The summed E-state index contributed by atoms with van der Waals surface area (Å²) in [6.45, 7) is 4.02. The fourth-order valence-electron chi connectivity index (χ4n) is 1.77. The summed E-state index contributed by atoms with van der Waals surface area (Å²) in [6.07, 6.45) is 1.65. The van der Waals surface area contributed by atoms with Crippen LogP contribution in [-0.2, 0) is 0 Å². The van der Waals surface area contributed by atoms with Gasteiger partial charge in [-0.3, -0.25) is 15.1 Å². The standard InChI is InChI=1S/C14H19N5O/c1-14(2,16)8-18-13(15)19-12(20)10-7-17-11-6-4-3-5-9(10)11/h3-7,17H,8,16H2,1-2H3,(H3,15,18,19,20). The minimum Gasteiger partial charge on any atom is -0.370 e. The maximum atomic E-state index is 12.1. The van der Waals surface area contributed by atoms with E-state index in [1.807, 2.05) is 38.1 Å². The van der Waals surface area contributed by atoms with Gasteiger partial charge in [0.05, 0.1) is 12.1 Å². The summed E-state index contributed by atoms with van der Waals surface area (Å²) >= 11 is 0. The second-order valence-corrected chi connectivity index (χ2v) is 5.39. The number of rotatable bonds is 3. The zero-order valence-corrected chi connectivity index (χ0v) is 11.6. The van der Waals surface area contributed by atoms with Crippen LogP contribution in [0.15, 0.2) is 35.5 Å². The first-order valence-electron chi connectivity index (χ1n) is 6.33. The topological polar surface area (TPSA) is 109 Å². The molecule has 6 N–H and O–H groups in total. The third-order valence-electron chi connectivity index (χ3n) is 2.73. The number of amides is 1. The van der Waals surface area contributed by atoms with E-state index in [0.717, 1.165) is 10.9 Å². The van der Waals surface area contributed by atoms with Crippen LogP contribution in [0.5, 0.6) is 0 Å². The smallest absolute Gasteiger partial charge is 0.260 e. The van der Waals surface area contributed by atoms with Crippen molar-refractivity contribution in [1.29, 1.82) is 0 Å². The molecule has 106 valence electrons. The van der Waals surface area contributed by atoms with Gasteiger partial charge in [-0.2, -0.15) is 0 Å². The van der Waals surface area contributed by atoms with Gasteiger partial charge >= 0.3 is 0 Å². The van der Waals surface area contributed by atoms with E-state index in [2.05, 4.69) is 15.3 Å². The number of hydrogen-bond acceptors (Lipinski definition) is 3. The molecular weight excluding hydrogens is 254 g/mol. The number of aliphatic imine (C=N–C) groups is 1. The molecule has 0 fully saturated rings. The molecule has 0 aliphatic heterocycles. The van der Waals surface area contributed by atoms with Crippen molar-refractivity contribution >= 4 is 22.8 Å². The van der Waals surface area contributed by atoms with Crippen LogP contribution in [-0.4, -0.2) is 28.9 Å². The van der Waals surface area contributed by atoms with Crippen molar-refractivity contribution in [2.24, 2.45) is 16.5 Å². The molecule has 0 saturated carbocycles. The van der Waals surface area contributed by atoms with Gasteiger partial charge in [0.15, 0.2) is 5.96 Å². The summed E-state index contributed by atoms with van der Waals surface area (Å²) in [7, 11) is 0. The number of carbonyl (C=O) groups is 1. The number of carbonyl (C=O) groups excluding carboxylic acids is 1. The molecule has 0 aliphatic rings. The lowest BCUT2D eigenvalue weighted by Gasteiger charge is -2.15. The van der Waals surface area contributed by atoms with Gasteiger partial charge in [0, 0.05) is 22.6 Å².